The summed E-state index contributed by atoms with van der Waals surface area (Å²) in [5, 5.41) is 15.7. The van der Waals surface area contributed by atoms with Gasteiger partial charge in [-0.3, -0.25) is 0 Å². The first-order chi connectivity index (χ1) is 11.4. The van der Waals surface area contributed by atoms with Crippen LogP contribution in [-0.2, 0) is 12.1 Å². The van der Waals surface area contributed by atoms with Gasteiger partial charge < -0.3 is 9.84 Å². The Kier molecular flexibility index (Phi) is 4.76. The van der Waals surface area contributed by atoms with Crippen LogP contribution in [0.1, 0.15) is 12.5 Å². The maximum atomic E-state index is 10.7. The summed E-state index contributed by atoms with van der Waals surface area (Å²) in [6.07, 6.45) is 2.97. The van der Waals surface area contributed by atoms with E-state index in [1.807, 2.05) is 0 Å². The molecule has 0 saturated carbocycles. The summed E-state index contributed by atoms with van der Waals surface area (Å²) in [6.45, 7) is 1.96. The van der Waals surface area contributed by atoms with Gasteiger partial charge in [0, 0.05) is 5.02 Å². The van der Waals surface area contributed by atoms with Crippen LogP contribution < -0.4 is 4.74 Å². The Hall–Kier alpha value is -2.08. The Morgan fingerprint density at radius 3 is 2.54 bits per heavy atom. The third kappa shape index (κ3) is 3.87. The molecule has 1 heterocycles. The topological polar surface area (TPSA) is 60.2 Å². The number of nitrogens with zero attached hydrogens (tertiary/aromatic N) is 3. The van der Waals surface area contributed by atoms with Gasteiger partial charge in [-0.05, 0) is 48.9 Å². The van der Waals surface area contributed by atoms with Gasteiger partial charge >= 0.3 is 0 Å². The van der Waals surface area contributed by atoms with Gasteiger partial charge in [-0.1, -0.05) is 29.3 Å². The molecule has 0 saturated heterocycles. The van der Waals surface area contributed by atoms with E-state index >= 15 is 0 Å². The fraction of sp³-hybridized carbons (Fsp3) is 0.176. The van der Waals surface area contributed by atoms with Crippen molar-refractivity contribution < 1.29 is 9.84 Å². The fourth-order valence-corrected chi connectivity index (χ4v) is 2.61. The number of aliphatic hydroxyl groups is 1. The van der Waals surface area contributed by atoms with Crippen molar-refractivity contribution in [2.75, 3.05) is 0 Å². The Morgan fingerprint density at radius 1 is 1.17 bits per heavy atom. The lowest BCUT2D eigenvalue weighted by Crippen LogP contribution is -2.28. The minimum atomic E-state index is -1.14. The highest BCUT2D eigenvalue weighted by atomic mass is 35.5. The smallest absolute Gasteiger partial charge is 0.146 e. The molecule has 0 amide bonds. The molecule has 24 heavy (non-hydrogen) atoms. The molecule has 2 aromatic carbocycles. The fourth-order valence-electron chi connectivity index (χ4n) is 2.27. The third-order valence-corrected chi connectivity index (χ3v) is 4.08. The Bertz CT molecular complexity index is 818. The van der Waals surface area contributed by atoms with E-state index in [2.05, 4.69) is 10.1 Å². The minimum absolute atomic E-state index is 0.265. The molecular formula is C17H15Cl2N3O2. The monoisotopic (exact) mass is 363 g/mol. The highest BCUT2D eigenvalue weighted by Gasteiger charge is 2.25. The molecule has 5 nitrogen and oxygen atoms in total. The Labute approximate surface area is 149 Å². The van der Waals surface area contributed by atoms with Crippen LogP contribution in [0.4, 0.5) is 0 Å². The van der Waals surface area contributed by atoms with Crippen molar-refractivity contribution in [1.29, 1.82) is 0 Å². The Morgan fingerprint density at radius 2 is 1.92 bits per heavy atom. The molecule has 3 rings (SSSR count). The van der Waals surface area contributed by atoms with Crippen molar-refractivity contribution in [2.45, 2.75) is 19.1 Å². The lowest BCUT2D eigenvalue weighted by Gasteiger charge is -2.24. The van der Waals surface area contributed by atoms with Crippen molar-refractivity contribution in [1.82, 2.24) is 14.8 Å². The molecule has 1 atom stereocenters. The number of hydrogen-bond acceptors (Lipinski definition) is 4. The van der Waals surface area contributed by atoms with Crippen molar-refractivity contribution in [3.05, 3.63) is 70.7 Å². The van der Waals surface area contributed by atoms with Crippen LogP contribution in [0.15, 0.2) is 55.1 Å². The largest absolute Gasteiger partial charge is 0.456 e. The normalized spacial score (nSPS) is 13.5. The predicted octanol–water partition coefficient (Wildman–Crippen LogP) is 4.28. The second-order valence-electron chi connectivity index (χ2n) is 5.57. The lowest BCUT2D eigenvalue weighted by molar-refractivity contribution is 0.0345. The zero-order valence-corrected chi connectivity index (χ0v) is 14.4. The second-order valence-corrected chi connectivity index (χ2v) is 6.41. The van der Waals surface area contributed by atoms with E-state index in [1.165, 1.54) is 6.33 Å². The van der Waals surface area contributed by atoms with Gasteiger partial charge in [-0.25, -0.2) is 9.67 Å². The molecule has 3 aromatic rings. The van der Waals surface area contributed by atoms with Crippen LogP contribution in [-0.4, -0.2) is 19.9 Å². The van der Waals surface area contributed by atoms with E-state index in [0.29, 0.717) is 27.1 Å². The number of benzene rings is 2. The van der Waals surface area contributed by atoms with Crippen LogP contribution in [0.25, 0.3) is 0 Å². The summed E-state index contributed by atoms with van der Waals surface area (Å²) >= 11 is 12.2. The predicted molar refractivity (Wildman–Crippen MR) is 92.6 cm³/mol. The van der Waals surface area contributed by atoms with E-state index in [1.54, 1.807) is 60.4 Å². The zero-order valence-electron chi connectivity index (χ0n) is 12.9. The van der Waals surface area contributed by atoms with E-state index < -0.39 is 5.60 Å². The van der Waals surface area contributed by atoms with Crippen LogP contribution in [0.2, 0.25) is 10.0 Å². The molecule has 0 aliphatic carbocycles. The third-order valence-electron chi connectivity index (χ3n) is 3.53. The van der Waals surface area contributed by atoms with Crippen LogP contribution in [0.5, 0.6) is 11.5 Å². The van der Waals surface area contributed by atoms with Gasteiger partial charge in [0.1, 0.15) is 29.8 Å². The number of aromatic nitrogens is 3. The van der Waals surface area contributed by atoms with E-state index in [4.69, 9.17) is 27.9 Å². The van der Waals surface area contributed by atoms with E-state index in [0.717, 1.165) is 0 Å². The molecule has 0 aliphatic rings. The summed E-state index contributed by atoms with van der Waals surface area (Å²) in [4.78, 5) is 3.87. The quantitative estimate of drug-likeness (QED) is 0.734. The maximum absolute atomic E-state index is 10.7. The highest BCUT2D eigenvalue weighted by Crippen LogP contribution is 2.34. The summed E-state index contributed by atoms with van der Waals surface area (Å²) < 4.78 is 7.30. The summed E-state index contributed by atoms with van der Waals surface area (Å²) in [5.74, 6) is 1.13. The molecule has 1 aromatic heterocycles. The zero-order chi connectivity index (χ0) is 17.2. The lowest BCUT2D eigenvalue weighted by atomic mass is 9.96. The average molecular weight is 364 g/mol. The standard InChI is InChI=1S/C17H15Cl2N3O2/c1-17(23,9-22-11-20-10-21-22)12-2-7-16(15(19)8-12)24-14-5-3-13(18)4-6-14/h2-8,10-11,23H,9H2,1H3. The van der Waals surface area contributed by atoms with Gasteiger partial charge in [-0.2, -0.15) is 5.10 Å². The van der Waals surface area contributed by atoms with Crippen LogP contribution >= 0.6 is 23.2 Å². The molecule has 0 aliphatic heterocycles. The molecular weight excluding hydrogens is 349 g/mol. The first-order valence-electron chi connectivity index (χ1n) is 7.22. The molecule has 0 radical (unpaired) electrons. The second kappa shape index (κ2) is 6.81. The highest BCUT2D eigenvalue weighted by molar-refractivity contribution is 6.32. The summed E-state index contributed by atoms with van der Waals surface area (Å²) in [6, 6.07) is 12.2. The number of rotatable bonds is 5. The summed E-state index contributed by atoms with van der Waals surface area (Å²) in [7, 11) is 0. The molecule has 7 heteroatoms. The molecule has 0 spiro atoms. The maximum Gasteiger partial charge on any atom is 0.146 e. The SMILES string of the molecule is CC(O)(Cn1cncn1)c1ccc(Oc2ccc(Cl)cc2)c(Cl)c1. The van der Waals surface area contributed by atoms with E-state index in [-0.39, 0.29) is 6.54 Å². The molecule has 1 N–H and O–H groups in total. The van der Waals surface area contributed by atoms with Crippen molar-refractivity contribution in [3.63, 3.8) is 0 Å². The van der Waals surface area contributed by atoms with Crippen molar-refractivity contribution >= 4 is 23.2 Å². The van der Waals surface area contributed by atoms with Gasteiger partial charge in [-0.15, -0.1) is 0 Å². The molecule has 0 fully saturated rings. The van der Waals surface area contributed by atoms with Gasteiger partial charge in [0.25, 0.3) is 0 Å². The van der Waals surface area contributed by atoms with E-state index in [9.17, 15) is 5.11 Å². The van der Waals surface area contributed by atoms with Gasteiger partial charge in [0.05, 0.1) is 11.6 Å². The van der Waals surface area contributed by atoms with Crippen molar-refractivity contribution in [2.24, 2.45) is 0 Å². The molecule has 1 unspecified atom stereocenters. The Balaban J connectivity index is 1.80. The minimum Gasteiger partial charge on any atom is -0.456 e. The number of hydrogen-bond donors (Lipinski definition) is 1. The first-order valence-corrected chi connectivity index (χ1v) is 7.98. The molecule has 0 bridgehead atoms. The van der Waals surface area contributed by atoms with Gasteiger partial charge in [0.15, 0.2) is 0 Å². The van der Waals surface area contributed by atoms with Crippen LogP contribution in [0.3, 0.4) is 0 Å². The first kappa shape index (κ1) is 16.8. The van der Waals surface area contributed by atoms with Crippen LogP contribution in [0, 0.1) is 0 Å². The summed E-state index contributed by atoms with van der Waals surface area (Å²) in [5.41, 5.74) is -0.484. The van der Waals surface area contributed by atoms with Gasteiger partial charge in [0.2, 0.25) is 0 Å². The average Bonchev–Trinajstić information content (AvgIpc) is 3.03. The van der Waals surface area contributed by atoms with Crippen molar-refractivity contribution in [3.8, 4) is 11.5 Å². The number of ether oxygens (including phenoxy) is 1. The number of halogens is 2. The molecule has 124 valence electrons.